The van der Waals surface area contributed by atoms with Gasteiger partial charge < -0.3 is 19.9 Å². The molecule has 10 nitrogen and oxygen atoms in total. The summed E-state index contributed by atoms with van der Waals surface area (Å²) >= 11 is 0. The van der Waals surface area contributed by atoms with Gasteiger partial charge in [0.2, 0.25) is 5.95 Å². The Morgan fingerprint density at radius 1 is 1.21 bits per heavy atom. The topological polar surface area (TPSA) is 120 Å². The zero-order valence-electron chi connectivity index (χ0n) is 23.1. The zero-order valence-corrected chi connectivity index (χ0v) is 23.9. The number of halogens is 1. The second-order valence-corrected chi connectivity index (χ2v) is 13.4. The molecule has 3 aromatic heterocycles. The van der Waals surface area contributed by atoms with Crippen molar-refractivity contribution in [2.75, 3.05) is 53.9 Å². The molecule has 0 bridgehead atoms. The van der Waals surface area contributed by atoms with E-state index in [4.69, 9.17) is 14.5 Å². The summed E-state index contributed by atoms with van der Waals surface area (Å²) in [5.74, 6) is 3.41. The van der Waals surface area contributed by atoms with Gasteiger partial charge in [0, 0.05) is 77.9 Å². The van der Waals surface area contributed by atoms with E-state index in [2.05, 4.69) is 45.9 Å². The van der Waals surface area contributed by atoms with Crippen LogP contribution < -0.4 is 15.1 Å². The van der Waals surface area contributed by atoms with Gasteiger partial charge in [-0.2, -0.15) is 4.98 Å². The number of alkyl halides is 1. The summed E-state index contributed by atoms with van der Waals surface area (Å²) in [4.78, 5) is 22.5. The third-order valence-corrected chi connectivity index (χ3v) is 8.84. The number of ether oxygens (including phenoxy) is 1. The first-order chi connectivity index (χ1) is 18.5. The van der Waals surface area contributed by atoms with Crippen LogP contribution in [0.5, 0.6) is 0 Å². The first kappa shape index (κ1) is 27.4. The number of aromatic nitrogens is 4. The van der Waals surface area contributed by atoms with Gasteiger partial charge >= 0.3 is 0 Å². The second kappa shape index (κ2) is 10.8. The van der Waals surface area contributed by atoms with E-state index in [0.29, 0.717) is 36.3 Å². The van der Waals surface area contributed by atoms with E-state index in [1.165, 1.54) is 6.26 Å². The molecule has 0 spiro atoms. The minimum atomic E-state index is -2.54. The maximum Gasteiger partial charge on any atom is 0.227 e. The van der Waals surface area contributed by atoms with Crippen LogP contribution in [0.15, 0.2) is 30.7 Å². The summed E-state index contributed by atoms with van der Waals surface area (Å²) in [6.07, 6.45) is 6.03. The standard InChI is InChI=1S/C27H37FN8O2S/c1-16(2)20-11-32-26(36-13-18(17(36)3)15-39(5,29)37)21-12-31-25(10-19(20)21)33-24-6-8-30-27(34-24)35-9-7-23(38-4)22(28)14-35/h6,8,10-12,16-18,22-23,29H,7,9,13-15H2,1-5H3,(H,30,31,33,34)/t17-,18?,22-,23+,39?/m1/s1. The van der Waals surface area contributed by atoms with Gasteiger partial charge in [0.15, 0.2) is 0 Å². The highest BCUT2D eigenvalue weighted by molar-refractivity contribution is 7.91. The second-order valence-electron chi connectivity index (χ2n) is 11.0. The molecule has 5 heterocycles. The number of fused-ring (bicyclic) bond motifs is 1. The molecule has 0 amide bonds. The highest BCUT2D eigenvalue weighted by Crippen LogP contribution is 2.38. The number of nitrogens with zero attached hydrogens (tertiary/aromatic N) is 6. The predicted octanol–water partition coefficient (Wildman–Crippen LogP) is 4.35. The molecule has 2 unspecified atom stereocenters. The molecule has 2 fully saturated rings. The summed E-state index contributed by atoms with van der Waals surface area (Å²) in [7, 11) is -1.00. The van der Waals surface area contributed by atoms with Crippen molar-refractivity contribution >= 4 is 43.9 Å². The molecule has 5 rings (SSSR count). The normalized spacial score (nSPS) is 25.0. The summed E-state index contributed by atoms with van der Waals surface area (Å²) < 4.78 is 39.5. The lowest BCUT2D eigenvalue weighted by Crippen LogP contribution is -2.57. The Morgan fingerprint density at radius 3 is 2.67 bits per heavy atom. The van der Waals surface area contributed by atoms with Crippen molar-refractivity contribution < 1.29 is 13.3 Å². The average Bonchev–Trinajstić information content (AvgIpc) is 2.89. The molecular formula is C27H37FN8O2S. The van der Waals surface area contributed by atoms with Crippen LogP contribution >= 0.6 is 0 Å². The number of pyridine rings is 2. The first-order valence-electron chi connectivity index (χ1n) is 13.3. The van der Waals surface area contributed by atoms with Gasteiger partial charge in [-0.05, 0) is 42.3 Å². The lowest BCUT2D eigenvalue weighted by molar-refractivity contribution is 0.0194. The minimum absolute atomic E-state index is 0.145. The van der Waals surface area contributed by atoms with Crippen LogP contribution in [0, 0.1) is 10.7 Å². The summed E-state index contributed by atoms with van der Waals surface area (Å²) in [6.45, 7) is 7.91. The van der Waals surface area contributed by atoms with E-state index in [1.807, 2.05) is 23.4 Å². The first-order valence-corrected chi connectivity index (χ1v) is 15.5. The fourth-order valence-corrected chi connectivity index (χ4v) is 6.70. The third kappa shape index (κ3) is 5.76. The van der Waals surface area contributed by atoms with Crippen LogP contribution in [0.25, 0.3) is 10.8 Å². The van der Waals surface area contributed by atoms with Crippen molar-refractivity contribution in [3.05, 3.63) is 36.3 Å². The molecule has 2 saturated heterocycles. The van der Waals surface area contributed by atoms with Crippen molar-refractivity contribution in [3.63, 3.8) is 0 Å². The van der Waals surface area contributed by atoms with Crippen molar-refractivity contribution in [2.24, 2.45) is 5.92 Å². The Kier molecular flexibility index (Phi) is 7.60. The van der Waals surface area contributed by atoms with E-state index in [-0.39, 0.29) is 24.4 Å². The summed E-state index contributed by atoms with van der Waals surface area (Å²) in [5, 5.41) is 5.31. The Balaban J connectivity index is 1.40. The van der Waals surface area contributed by atoms with Gasteiger partial charge in [0.25, 0.3) is 0 Å². The Morgan fingerprint density at radius 2 is 2.00 bits per heavy atom. The van der Waals surface area contributed by atoms with Crippen molar-refractivity contribution in [3.8, 4) is 0 Å². The van der Waals surface area contributed by atoms with Crippen LogP contribution in [-0.2, 0) is 14.5 Å². The number of anilines is 4. The molecule has 0 radical (unpaired) electrons. The Labute approximate surface area is 229 Å². The van der Waals surface area contributed by atoms with Crippen molar-refractivity contribution in [2.45, 2.75) is 51.4 Å². The number of methoxy groups -OCH3 is 1. The maximum absolute atomic E-state index is 14.4. The van der Waals surface area contributed by atoms with Gasteiger partial charge in [0.1, 0.15) is 23.6 Å². The zero-order chi connectivity index (χ0) is 27.9. The summed E-state index contributed by atoms with van der Waals surface area (Å²) in [6, 6.07) is 3.93. The number of hydrogen-bond donors (Lipinski definition) is 2. The quantitative estimate of drug-likeness (QED) is 0.417. The molecule has 210 valence electrons. The summed E-state index contributed by atoms with van der Waals surface area (Å²) in [5.41, 5.74) is 1.12. The van der Waals surface area contributed by atoms with E-state index in [9.17, 15) is 8.60 Å². The number of nitrogens with one attached hydrogen (secondary N) is 2. The van der Waals surface area contributed by atoms with Crippen molar-refractivity contribution in [1.29, 1.82) is 4.78 Å². The Hall–Kier alpha value is -3.12. The fraction of sp³-hybridized carbons (Fsp3) is 0.556. The largest absolute Gasteiger partial charge is 0.378 e. The van der Waals surface area contributed by atoms with Gasteiger partial charge in [-0.15, -0.1) is 0 Å². The average molecular weight is 557 g/mol. The van der Waals surface area contributed by atoms with Crippen LogP contribution in [0.3, 0.4) is 0 Å². The Bertz CT molecular complexity index is 1450. The van der Waals surface area contributed by atoms with Crippen LogP contribution in [0.4, 0.5) is 27.8 Å². The smallest absolute Gasteiger partial charge is 0.227 e. The van der Waals surface area contributed by atoms with E-state index < -0.39 is 22.0 Å². The minimum Gasteiger partial charge on any atom is -0.378 e. The van der Waals surface area contributed by atoms with Gasteiger partial charge in [-0.1, -0.05) is 13.8 Å². The maximum atomic E-state index is 14.4. The highest BCUT2D eigenvalue weighted by atomic mass is 32.2. The number of hydrogen-bond acceptors (Lipinski definition) is 10. The van der Waals surface area contributed by atoms with E-state index in [0.717, 1.165) is 28.7 Å². The van der Waals surface area contributed by atoms with Crippen LogP contribution in [0.2, 0.25) is 0 Å². The van der Waals surface area contributed by atoms with E-state index in [1.54, 1.807) is 19.4 Å². The lowest BCUT2D eigenvalue weighted by atomic mass is 9.90. The molecule has 0 saturated carbocycles. The van der Waals surface area contributed by atoms with Gasteiger partial charge in [-0.25, -0.2) is 19.3 Å². The van der Waals surface area contributed by atoms with Crippen LogP contribution in [-0.4, -0.2) is 81.2 Å². The molecule has 0 aliphatic carbocycles. The number of piperidine rings is 1. The molecule has 12 heteroatoms. The molecule has 39 heavy (non-hydrogen) atoms. The van der Waals surface area contributed by atoms with Crippen LogP contribution in [0.1, 0.15) is 38.7 Å². The molecule has 2 aliphatic heterocycles. The van der Waals surface area contributed by atoms with E-state index >= 15 is 0 Å². The lowest BCUT2D eigenvalue weighted by Gasteiger charge is -2.47. The van der Waals surface area contributed by atoms with Crippen molar-refractivity contribution in [1.82, 2.24) is 19.9 Å². The SMILES string of the molecule is CO[C@H]1CCN(c2nccc(Nc3cc4c(C(C)C)cnc(N5CC(CS(C)(=N)=O)[C@H]5C)c4cn3)n2)C[C@H]1F. The van der Waals surface area contributed by atoms with Gasteiger partial charge in [0.05, 0.1) is 12.6 Å². The number of rotatable bonds is 8. The predicted molar refractivity (Wildman–Crippen MR) is 153 cm³/mol. The molecule has 2 aliphatic rings. The highest BCUT2D eigenvalue weighted by Gasteiger charge is 2.38. The van der Waals surface area contributed by atoms with Gasteiger partial charge in [-0.3, -0.25) is 8.99 Å². The molecule has 3 aromatic rings. The monoisotopic (exact) mass is 556 g/mol. The molecular weight excluding hydrogens is 519 g/mol. The third-order valence-electron chi connectivity index (χ3n) is 7.78. The molecule has 0 aromatic carbocycles. The fourth-order valence-electron chi connectivity index (χ4n) is 5.50. The molecule has 5 atom stereocenters. The molecule has 2 N–H and O–H groups in total.